The van der Waals surface area contributed by atoms with Crippen LogP contribution in [0.1, 0.15) is 38.5 Å². The summed E-state index contributed by atoms with van der Waals surface area (Å²) in [6.45, 7) is -0.482. The van der Waals surface area contributed by atoms with Crippen LogP contribution in [0, 0.1) is 0 Å². The Hall–Kier alpha value is -3.95. The predicted molar refractivity (Wildman–Crippen MR) is 118 cm³/mol. The van der Waals surface area contributed by atoms with Crippen molar-refractivity contribution in [2.75, 3.05) is 13.1 Å². The number of nitrogens with two attached hydrogens (primary N) is 4. The first-order valence-electron chi connectivity index (χ1n) is 10.2. The second kappa shape index (κ2) is 15.8. The fraction of sp³-hybridized carbons (Fsp3) is 0.611. The van der Waals surface area contributed by atoms with Crippen molar-refractivity contribution in [2.24, 2.45) is 27.9 Å². The minimum atomic E-state index is -1.46. The molecule has 16 nitrogen and oxygen atoms in total. The number of amides is 4. The third-order valence-corrected chi connectivity index (χ3v) is 4.32. The summed E-state index contributed by atoms with van der Waals surface area (Å²) in [4.78, 5) is 73.2. The number of nitrogens with one attached hydrogen (secondary N) is 3. The Morgan fingerprint density at radius 3 is 2.00 bits per heavy atom. The lowest BCUT2D eigenvalue weighted by Gasteiger charge is -2.21. The standard InChI is InChI=1S/C18H32N8O8/c19-9(3-5-12(20)27)15(31)26-10(2-1-7-23-18(21)22)16(32)24-8-13(28)25-11(17(33)34)4-6-14(29)30/h9-11H,1-8,19H2,(H2,20,27)(H,24,32)(H,25,28)(H,26,31)(H,29,30)(H,33,34)(H4,21,22,23). The summed E-state index contributed by atoms with van der Waals surface area (Å²) in [6.07, 6.45) is -0.674. The molecule has 4 amide bonds. The molecule has 0 aliphatic rings. The highest BCUT2D eigenvalue weighted by atomic mass is 16.4. The second-order valence-corrected chi connectivity index (χ2v) is 7.23. The zero-order valence-electron chi connectivity index (χ0n) is 18.5. The van der Waals surface area contributed by atoms with Crippen LogP contribution < -0.4 is 38.9 Å². The van der Waals surface area contributed by atoms with E-state index in [-0.39, 0.29) is 44.6 Å². The molecule has 3 unspecified atom stereocenters. The maximum absolute atomic E-state index is 12.5. The van der Waals surface area contributed by atoms with Crippen LogP contribution in [0.3, 0.4) is 0 Å². The molecule has 0 saturated carbocycles. The van der Waals surface area contributed by atoms with Gasteiger partial charge in [-0.1, -0.05) is 0 Å². The van der Waals surface area contributed by atoms with E-state index in [2.05, 4.69) is 20.9 Å². The van der Waals surface area contributed by atoms with Gasteiger partial charge in [-0.15, -0.1) is 0 Å². The van der Waals surface area contributed by atoms with Gasteiger partial charge in [0.15, 0.2) is 5.96 Å². The molecule has 0 bridgehead atoms. The van der Waals surface area contributed by atoms with E-state index >= 15 is 0 Å². The predicted octanol–water partition coefficient (Wildman–Crippen LogP) is -4.33. The molecular formula is C18H32N8O8. The summed E-state index contributed by atoms with van der Waals surface area (Å²) >= 11 is 0. The van der Waals surface area contributed by atoms with Crippen molar-refractivity contribution in [1.82, 2.24) is 16.0 Å². The van der Waals surface area contributed by atoms with E-state index in [4.69, 9.17) is 33.1 Å². The van der Waals surface area contributed by atoms with Gasteiger partial charge in [-0.25, -0.2) is 4.79 Å². The first-order valence-corrected chi connectivity index (χ1v) is 10.2. The number of aliphatic imine (C=N–C) groups is 1. The quantitative estimate of drug-likeness (QED) is 0.0535. The molecule has 34 heavy (non-hydrogen) atoms. The molecule has 0 aromatic rings. The fourth-order valence-corrected chi connectivity index (χ4v) is 2.54. The summed E-state index contributed by atoms with van der Waals surface area (Å²) in [5.41, 5.74) is 21.2. The molecule has 0 radical (unpaired) electrons. The lowest BCUT2D eigenvalue weighted by atomic mass is 10.1. The largest absolute Gasteiger partial charge is 0.481 e. The van der Waals surface area contributed by atoms with Crippen LogP contribution in [0.15, 0.2) is 4.99 Å². The summed E-state index contributed by atoms with van der Waals surface area (Å²) < 4.78 is 0. The average molecular weight is 489 g/mol. The van der Waals surface area contributed by atoms with Crippen LogP contribution in [-0.4, -0.2) is 83.0 Å². The van der Waals surface area contributed by atoms with Crippen molar-refractivity contribution in [1.29, 1.82) is 0 Å². The van der Waals surface area contributed by atoms with Crippen molar-refractivity contribution >= 4 is 41.5 Å². The molecule has 0 saturated heterocycles. The molecule has 0 fully saturated rings. The Balaban J connectivity index is 5.00. The molecule has 16 heteroatoms. The van der Waals surface area contributed by atoms with Gasteiger partial charge in [0.25, 0.3) is 0 Å². The molecule has 0 heterocycles. The zero-order chi connectivity index (χ0) is 26.3. The van der Waals surface area contributed by atoms with Crippen LogP contribution in [0.5, 0.6) is 0 Å². The van der Waals surface area contributed by atoms with Gasteiger partial charge in [-0.2, -0.15) is 0 Å². The third kappa shape index (κ3) is 14.2. The molecule has 0 aromatic carbocycles. The summed E-state index contributed by atoms with van der Waals surface area (Å²) in [5.74, 6) is -5.86. The number of carbonyl (C=O) groups is 6. The number of nitrogens with zero attached hydrogens (tertiary/aromatic N) is 1. The molecule has 0 rings (SSSR count). The van der Waals surface area contributed by atoms with Crippen LogP contribution in [0.4, 0.5) is 0 Å². The lowest BCUT2D eigenvalue weighted by Crippen LogP contribution is -2.53. The number of carboxylic acids is 2. The van der Waals surface area contributed by atoms with E-state index in [9.17, 15) is 28.8 Å². The highest BCUT2D eigenvalue weighted by Gasteiger charge is 2.25. The van der Waals surface area contributed by atoms with Gasteiger partial charge in [0.2, 0.25) is 23.6 Å². The monoisotopic (exact) mass is 488 g/mol. The molecular weight excluding hydrogens is 456 g/mol. The van der Waals surface area contributed by atoms with Gasteiger partial charge in [0.05, 0.1) is 12.6 Å². The molecule has 0 aliphatic carbocycles. The van der Waals surface area contributed by atoms with E-state index < -0.39 is 66.7 Å². The number of primary amides is 1. The highest BCUT2D eigenvalue weighted by Crippen LogP contribution is 2.02. The Morgan fingerprint density at radius 1 is 0.824 bits per heavy atom. The Labute approximate surface area is 194 Å². The fourth-order valence-electron chi connectivity index (χ4n) is 2.54. The summed E-state index contributed by atoms with van der Waals surface area (Å²) in [7, 11) is 0. The first-order chi connectivity index (χ1) is 15.8. The number of hydrogen-bond acceptors (Lipinski definition) is 8. The van der Waals surface area contributed by atoms with E-state index in [0.717, 1.165) is 0 Å². The maximum Gasteiger partial charge on any atom is 0.326 e. The molecule has 0 aromatic heterocycles. The molecule has 3 atom stereocenters. The average Bonchev–Trinajstić information content (AvgIpc) is 2.74. The van der Waals surface area contributed by atoms with Crippen molar-refractivity contribution in [3.05, 3.63) is 0 Å². The number of guanidine groups is 1. The summed E-state index contributed by atoms with van der Waals surface area (Å²) in [5, 5.41) is 24.5. The van der Waals surface area contributed by atoms with Crippen molar-refractivity contribution < 1.29 is 39.0 Å². The third-order valence-electron chi connectivity index (χ3n) is 4.32. The van der Waals surface area contributed by atoms with Gasteiger partial charge < -0.3 is 49.1 Å². The number of rotatable bonds is 17. The van der Waals surface area contributed by atoms with Gasteiger partial charge in [0, 0.05) is 19.4 Å². The van der Waals surface area contributed by atoms with Crippen molar-refractivity contribution in [3.63, 3.8) is 0 Å². The summed E-state index contributed by atoms with van der Waals surface area (Å²) in [6, 6.07) is -3.72. The van der Waals surface area contributed by atoms with Crippen LogP contribution in [0.2, 0.25) is 0 Å². The van der Waals surface area contributed by atoms with Crippen molar-refractivity contribution in [3.8, 4) is 0 Å². The number of aliphatic carboxylic acids is 2. The number of carbonyl (C=O) groups excluding carboxylic acids is 4. The Morgan fingerprint density at radius 2 is 1.47 bits per heavy atom. The Bertz CT molecular complexity index is 784. The topological polar surface area (TPSA) is 295 Å². The maximum atomic E-state index is 12.5. The molecule has 13 N–H and O–H groups in total. The van der Waals surface area contributed by atoms with Crippen molar-refractivity contribution in [2.45, 2.75) is 56.7 Å². The van der Waals surface area contributed by atoms with Gasteiger partial charge in [-0.05, 0) is 25.7 Å². The van der Waals surface area contributed by atoms with Crippen LogP contribution in [0.25, 0.3) is 0 Å². The van der Waals surface area contributed by atoms with Gasteiger partial charge in [0.1, 0.15) is 12.1 Å². The smallest absolute Gasteiger partial charge is 0.326 e. The SMILES string of the molecule is NC(=O)CCC(N)C(=O)NC(CCCN=C(N)N)C(=O)NCC(=O)NC(CCC(=O)O)C(=O)O. The first kappa shape index (κ1) is 30.1. The molecule has 0 aliphatic heterocycles. The zero-order valence-corrected chi connectivity index (χ0v) is 18.5. The van der Waals surface area contributed by atoms with Crippen LogP contribution in [-0.2, 0) is 28.8 Å². The lowest BCUT2D eigenvalue weighted by molar-refractivity contribution is -0.143. The Kier molecular flexibility index (Phi) is 14.0. The van der Waals surface area contributed by atoms with E-state index in [1.165, 1.54) is 0 Å². The van der Waals surface area contributed by atoms with Crippen LogP contribution >= 0.6 is 0 Å². The number of carboxylic acid groups (broad SMARTS) is 2. The van der Waals surface area contributed by atoms with Gasteiger partial charge in [-0.3, -0.25) is 29.0 Å². The number of hydrogen-bond donors (Lipinski definition) is 9. The molecule has 192 valence electrons. The second-order valence-electron chi connectivity index (χ2n) is 7.23. The minimum Gasteiger partial charge on any atom is -0.481 e. The van der Waals surface area contributed by atoms with E-state index in [0.29, 0.717) is 0 Å². The minimum absolute atomic E-state index is 0.0428. The van der Waals surface area contributed by atoms with Gasteiger partial charge >= 0.3 is 11.9 Å². The highest BCUT2D eigenvalue weighted by molar-refractivity contribution is 5.92. The van der Waals surface area contributed by atoms with E-state index in [1.807, 2.05) is 0 Å². The normalized spacial score (nSPS) is 13.0. The van der Waals surface area contributed by atoms with E-state index in [1.54, 1.807) is 0 Å². The molecule has 0 spiro atoms.